The fourth-order valence-corrected chi connectivity index (χ4v) is 6.11. The number of nitrogens with two attached hydrogens (primary N) is 1. The maximum Gasteiger partial charge on any atom is 0.355 e. The van der Waals surface area contributed by atoms with Crippen LogP contribution in [0, 0.1) is 11.3 Å². The summed E-state index contributed by atoms with van der Waals surface area (Å²) in [6.45, 7) is 0. The number of allylic oxidation sites excluding steroid dienone is 1. The van der Waals surface area contributed by atoms with Crippen molar-refractivity contribution < 1.29 is 19.0 Å². The van der Waals surface area contributed by atoms with Gasteiger partial charge in [0.25, 0.3) is 0 Å². The second-order valence-electron chi connectivity index (χ2n) is 7.79. The molecule has 5 rings (SSSR count). The number of nitriles is 1. The zero-order chi connectivity index (χ0) is 25.6. The topological polar surface area (TPSA) is 94.6 Å². The van der Waals surface area contributed by atoms with Crippen LogP contribution in [0.5, 0.6) is 17.2 Å². The van der Waals surface area contributed by atoms with Gasteiger partial charge in [0.15, 0.2) is 0 Å². The van der Waals surface area contributed by atoms with Crippen LogP contribution in [0.3, 0.4) is 0 Å². The lowest BCUT2D eigenvalue weighted by Gasteiger charge is -2.27. The summed E-state index contributed by atoms with van der Waals surface area (Å²) in [5.74, 6) is -0.00896. The van der Waals surface area contributed by atoms with Gasteiger partial charge in [-0.2, -0.15) is 5.26 Å². The average Bonchev–Trinajstić information content (AvgIpc) is 3.18. The fraction of sp³-hybridized carbons (Fsp3) is 0.0769. The van der Waals surface area contributed by atoms with Crippen LogP contribution in [0.15, 0.2) is 70.5 Å². The quantitative estimate of drug-likeness (QED) is 0.193. The van der Waals surface area contributed by atoms with Gasteiger partial charge in [-0.05, 0) is 36.4 Å². The van der Waals surface area contributed by atoms with E-state index in [2.05, 4.69) is 22.0 Å². The highest BCUT2D eigenvalue weighted by molar-refractivity contribution is 9.10. The van der Waals surface area contributed by atoms with Gasteiger partial charge in [0.2, 0.25) is 5.88 Å². The van der Waals surface area contributed by atoms with Crippen molar-refractivity contribution in [2.45, 2.75) is 5.92 Å². The minimum Gasteiger partial charge on any atom is -0.496 e. The first-order chi connectivity index (χ1) is 17.3. The van der Waals surface area contributed by atoms with Gasteiger partial charge in [0.1, 0.15) is 33.8 Å². The van der Waals surface area contributed by atoms with Gasteiger partial charge >= 0.3 is 5.97 Å². The van der Waals surface area contributed by atoms with Crippen molar-refractivity contribution in [1.82, 2.24) is 0 Å². The Labute approximate surface area is 228 Å². The van der Waals surface area contributed by atoms with Crippen molar-refractivity contribution in [2.24, 2.45) is 5.73 Å². The minimum absolute atomic E-state index is 0.0371. The van der Waals surface area contributed by atoms with Crippen molar-refractivity contribution >= 4 is 66.5 Å². The molecule has 2 heterocycles. The number of nitrogens with zero attached hydrogens (tertiary/aromatic N) is 1. The van der Waals surface area contributed by atoms with E-state index in [1.165, 1.54) is 11.3 Å². The molecule has 180 valence electrons. The Balaban J connectivity index is 1.52. The van der Waals surface area contributed by atoms with Gasteiger partial charge in [0.05, 0.1) is 18.1 Å². The van der Waals surface area contributed by atoms with Gasteiger partial charge in [-0.15, -0.1) is 11.3 Å². The van der Waals surface area contributed by atoms with E-state index in [1.54, 1.807) is 49.6 Å². The number of thiophene rings is 1. The van der Waals surface area contributed by atoms with Gasteiger partial charge in [-0.25, -0.2) is 4.79 Å². The highest BCUT2D eigenvalue weighted by atomic mass is 79.9. The zero-order valence-electron chi connectivity index (χ0n) is 18.5. The van der Waals surface area contributed by atoms with Gasteiger partial charge < -0.3 is 19.9 Å². The zero-order valence-corrected chi connectivity index (χ0v) is 22.4. The molecule has 0 saturated carbocycles. The largest absolute Gasteiger partial charge is 0.496 e. The summed E-state index contributed by atoms with van der Waals surface area (Å²) in [7, 11) is 1.56. The molecule has 3 aromatic carbocycles. The third-order valence-electron chi connectivity index (χ3n) is 5.68. The molecule has 0 spiro atoms. The number of benzene rings is 3. The smallest absolute Gasteiger partial charge is 0.355 e. The summed E-state index contributed by atoms with van der Waals surface area (Å²) in [6.07, 6.45) is 0. The van der Waals surface area contributed by atoms with Crippen LogP contribution in [0.25, 0.3) is 10.1 Å². The predicted molar refractivity (Wildman–Crippen MR) is 143 cm³/mol. The lowest BCUT2D eigenvalue weighted by atomic mass is 9.83. The number of carbonyl (C=O) groups is 1. The van der Waals surface area contributed by atoms with Crippen LogP contribution < -0.4 is 19.9 Å². The Morgan fingerprint density at radius 3 is 2.69 bits per heavy atom. The van der Waals surface area contributed by atoms with Gasteiger partial charge in [-0.1, -0.05) is 51.3 Å². The first kappa shape index (κ1) is 24.5. The van der Waals surface area contributed by atoms with E-state index >= 15 is 0 Å². The summed E-state index contributed by atoms with van der Waals surface area (Å²) in [5.41, 5.74) is 7.78. The number of carbonyl (C=O) groups excluding carboxylic acids is 1. The molecule has 1 aromatic heterocycles. The number of ether oxygens (including phenoxy) is 3. The molecule has 1 aliphatic heterocycles. The Morgan fingerprint density at radius 1 is 1.14 bits per heavy atom. The van der Waals surface area contributed by atoms with Crippen LogP contribution in [0.4, 0.5) is 0 Å². The molecule has 2 N–H and O–H groups in total. The van der Waals surface area contributed by atoms with E-state index in [0.29, 0.717) is 27.1 Å². The lowest BCUT2D eigenvalue weighted by Crippen LogP contribution is -2.21. The van der Waals surface area contributed by atoms with Gasteiger partial charge in [-0.3, -0.25) is 0 Å². The van der Waals surface area contributed by atoms with Crippen molar-refractivity contribution in [2.75, 3.05) is 7.11 Å². The number of hydrogen-bond donors (Lipinski definition) is 1. The van der Waals surface area contributed by atoms with Crippen LogP contribution in [0.2, 0.25) is 10.0 Å². The Bertz CT molecular complexity index is 1630. The van der Waals surface area contributed by atoms with E-state index in [9.17, 15) is 10.1 Å². The molecule has 36 heavy (non-hydrogen) atoms. The van der Waals surface area contributed by atoms with Crippen LogP contribution in [0.1, 0.15) is 26.7 Å². The first-order valence-corrected chi connectivity index (χ1v) is 12.8. The van der Waals surface area contributed by atoms with Crippen molar-refractivity contribution in [3.63, 3.8) is 0 Å². The van der Waals surface area contributed by atoms with E-state index in [0.717, 1.165) is 20.1 Å². The van der Waals surface area contributed by atoms with Crippen molar-refractivity contribution in [1.29, 1.82) is 5.26 Å². The van der Waals surface area contributed by atoms with Crippen molar-refractivity contribution in [3.8, 4) is 23.3 Å². The van der Waals surface area contributed by atoms with Gasteiger partial charge in [0, 0.05) is 36.8 Å². The fourth-order valence-electron chi connectivity index (χ4n) is 4.07. The van der Waals surface area contributed by atoms with Crippen molar-refractivity contribution in [3.05, 3.63) is 96.6 Å². The highest BCUT2D eigenvalue weighted by Crippen LogP contribution is 2.46. The maximum absolute atomic E-state index is 13.0. The van der Waals surface area contributed by atoms with E-state index in [-0.39, 0.29) is 22.1 Å². The molecule has 0 aliphatic carbocycles. The lowest BCUT2D eigenvalue weighted by molar-refractivity contribution is 0.0740. The number of halogens is 3. The molecule has 0 bridgehead atoms. The first-order valence-electron chi connectivity index (χ1n) is 10.5. The molecular formula is C26H15BrCl2N2O4S. The molecule has 4 aromatic rings. The SMILES string of the molecule is COc1ccc(Br)cc1C1C(C#N)=C(N)Oc2cc(OC(=O)c3sc4cc(Cl)ccc4c3Cl)ccc21. The van der Waals surface area contributed by atoms with Crippen LogP contribution in [-0.2, 0) is 0 Å². The average molecular weight is 602 g/mol. The Hall–Kier alpha value is -3.22. The molecular weight excluding hydrogens is 587 g/mol. The molecule has 10 heteroatoms. The molecule has 0 saturated heterocycles. The number of rotatable bonds is 4. The predicted octanol–water partition coefficient (Wildman–Crippen LogP) is 7.42. The second kappa shape index (κ2) is 9.68. The highest BCUT2D eigenvalue weighted by Gasteiger charge is 2.33. The summed E-state index contributed by atoms with van der Waals surface area (Å²) < 4.78 is 18.5. The molecule has 0 fully saturated rings. The molecule has 0 radical (unpaired) electrons. The molecule has 1 atom stereocenters. The molecule has 6 nitrogen and oxygen atoms in total. The van der Waals surface area contributed by atoms with Crippen LogP contribution >= 0.6 is 50.5 Å². The normalized spacial score (nSPS) is 14.7. The number of esters is 1. The Morgan fingerprint density at radius 2 is 1.94 bits per heavy atom. The number of methoxy groups -OCH3 is 1. The maximum atomic E-state index is 13.0. The third kappa shape index (κ3) is 4.29. The minimum atomic E-state index is -0.612. The van der Waals surface area contributed by atoms with E-state index in [1.807, 2.05) is 12.1 Å². The summed E-state index contributed by atoms with van der Waals surface area (Å²) >= 11 is 17.2. The molecule has 0 amide bonds. The van der Waals surface area contributed by atoms with Crippen LogP contribution in [-0.4, -0.2) is 13.1 Å². The Kier molecular flexibility index (Phi) is 6.58. The third-order valence-corrected chi connectivity index (χ3v) is 8.05. The van der Waals surface area contributed by atoms with E-state index < -0.39 is 11.9 Å². The summed E-state index contributed by atoms with van der Waals surface area (Å²) in [6, 6.07) is 17.8. The summed E-state index contributed by atoms with van der Waals surface area (Å²) in [5, 5.41) is 11.4. The molecule has 1 aliphatic rings. The molecule has 1 unspecified atom stereocenters. The number of fused-ring (bicyclic) bond motifs is 2. The number of hydrogen-bond acceptors (Lipinski definition) is 7. The standard InChI is InChI=1S/C26H15BrCl2N2O4S/c1-33-19-7-2-12(27)8-17(19)22-15-6-4-14(10-20(15)35-25(31)18(22)11-30)34-26(32)24-23(29)16-5-3-13(28)9-21(16)36-24/h2-10,22H,31H2,1H3. The second-order valence-corrected chi connectivity index (χ2v) is 10.6. The monoisotopic (exact) mass is 600 g/mol. The summed E-state index contributed by atoms with van der Waals surface area (Å²) in [4.78, 5) is 13.2. The van der Waals surface area contributed by atoms with E-state index in [4.69, 9.17) is 43.1 Å².